The quantitative estimate of drug-likeness (QED) is 0.593. The number of benzene rings is 1. The van der Waals surface area contributed by atoms with Gasteiger partial charge in [0.25, 0.3) is 0 Å². The van der Waals surface area contributed by atoms with Crippen LogP contribution in [0.25, 0.3) is 0 Å². The van der Waals surface area contributed by atoms with Gasteiger partial charge in [-0.1, -0.05) is 17.7 Å². The van der Waals surface area contributed by atoms with Crippen LogP contribution in [-0.4, -0.2) is 22.9 Å². The van der Waals surface area contributed by atoms with E-state index in [0.29, 0.717) is 5.56 Å². The van der Waals surface area contributed by atoms with Crippen LogP contribution in [0.4, 0.5) is 0 Å². The van der Waals surface area contributed by atoms with Crippen LogP contribution in [0.3, 0.4) is 0 Å². The van der Waals surface area contributed by atoms with E-state index in [1.807, 2.05) is 19.1 Å². The molecule has 0 bridgehead atoms. The van der Waals surface area contributed by atoms with Crippen molar-refractivity contribution in [1.82, 2.24) is 0 Å². The summed E-state index contributed by atoms with van der Waals surface area (Å²) < 4.78 is 0. The summed E-state index contributed by atoms with van der Waals surface area (Å²) in [5, 5.41) is 8.70. The molecule has 1 atom stereocenters. The second-order valence-electron chi connectivity index (χ2n) is 3.95. The van der Waals surface area contributed by atoms with Crippen LogP contribution in [-0.2, 0) is 4.79 Å². The summed E-state index contributed by atoms with van der Waals surface area (Å²) in [6, 6.07) is 2.20. The number of rotatable bonds is 3. The topological polar surface area (TPSA) is 80.4 Å². The molecule has 0 amide bonds. The van der Waals surface area contributed by atoms with Crippen molar-refractivity contribution in [3.8, 4) is 0 Å². The minimum absolute atomic E-state index is 0.417. The van der Waals surface area contributed by atoms with Gasteiger partial charge in [0.1, 0.15) is 0 Å². The Morgan fingerprint density at radius 3 is 2.00 bits per heavy atom. The summed E-state index contributed by atoms with van der Waals surface area (Å²) in [6.45, 7) is 5.48. The SMILES string of the molecule is Cc1cc(C)c(C(=O)C(N)C(=O)O)c(C)c1. The Balaban J connectivity index is 3.24. The standard InChI is InChI=1S/C12H15NO3/c1-6-4-7(2)9(8(3)5-6)11(14)10(13)12(15)16/h4-5,10H,13H2,1-3H3,(H,15,16). The van der Waals surface area contributed by atoms with Gasteiger partial charge >= 0.3 is 5.97 Å². The predicted octanol–water partition coefficient (Wildman–Crippen LogP) is 1.21. The van der Waals surface area contributed by atoms with E-state index in [2.05, 4.69) is 0 Å². The molecule has 3 N–H and O–H groups in total. The zero-order valence-corrected chi connectivity index (χ0v) is 9.57. The Morgan fingerprint density at radius 1 is 1.19 bits per heavy atom. The van der Waals surface area contributed by atoms with E-state index in [-0.39, 0.29) is 0 Å². The van der Waals surface area contributed by atoms with Gasteiger partial charge in [-0.15, -0.1) is 0 Å². The van der Waals surface area contributed by atoms with E-state index in [4.69, 9.17) is 10.8 Å². The van der Waals surface area contributed by atoms with E-state index in [1.165, 1.54) is 0 Å². The van der Waals surface area contributed by atoms with E-state index in [0.717, 1.165) is 16.7 Å². The minimum Gasteiger partial charge on any atom is -0.480 e. The van der Waals surface area contributed by atoms with Crippen molar-refractivity contribution in [1.29, 1.82) is 0 Å². The molecule has 0 fully saturated rings. The molecule has 1 aromatic rings. The maximum absolute atomic E-state index is 11.8. The Hall–Kier alpha value is -1.68. The lowest BCUT2D eigenvalue weighted by Crippen LogP contribution is -2.39. The summed E-state index contributed by atoms with van der Waals surface area (Å²) in [5.74, 6) is -1.84. The van der Waals surface area contributed by atoms with Gasteiger partial charge in [0.15, 0.2) is 11.8 Å². The maximum atomic E-state index is 11.8. The van der Waals surface area contributed by atoms with Crippen LogP contribution in [0.5, 0.6) is 0 Å². The number of aliphatic carboxylic acids is 1. The van der Waals surface area contributed by atoms with E-state index >= 15 is 0 Å². The molecule has 0 radical (unpaired) electrons. The highest BCUT2D eigenvalue weighted by Gasteiger charge is 2.25. The first-order valence-corrected chi connectivity index (χ1v) is 4.95. The van der Waals surface area contributed by atoms with Crippen LogP contribution >= 0.6 is 0 Å². The number of hydrogen-bond donors (Lipinski definition) is 2. The summed E-state index contributed by atoms with van der Waals surface area (Å²) in [7, 11) is 0. The van der Waals surface area contributed by atoms with Crippen LogP contribution in [0.15, 0.2) is 12.1 Å². The van der Waals surface area contributed by atoms with Gasteiger partial charge in [0, 0.05) is 5.56 Å². The van der Waals surface area contributed by atoms with Crippen molar-refractivity contribution in [3.63, 3.8) is 0 Å². The largest absolute Gasteiger partial charge is 0.480 e. The summed E-state index contributed by atoms with van der Waals surface area (Å²) in [4.78, 5) is 22.5. The molecule has 0 heterocycles. The molecular formula is C12H15NO3. The molecule has 1 rings (SSSR count). The highest BCUT2D eigenvalue weighted by Crippen LogP contribution is 2.17. The molecule has 0 aliphatic heterocycles. The zero-order chi connectivity index (χ0) is 12.5. The van der Waals surface area contributed by atoms with Crippen LogP contribution in [0.2, 0.25) is 0 Å². The fourth-order valence-corrected chi connectivity index (χ4v) is 1.84. The molecule has 0 aliphatic rings. The molecule has 0 aromatic heterocycles. The molecule has 0 aliphatic carbocycles. The third-order valence-corrected chi connectivity index (χ3v) is 2.47. The predicted molar refractivity (Wildman–Crippen MR) is 60.6 cm³/mol. The average molecular weight is 221 g/mol. The highest BCUT2D eigenvalue weighted by atomic mass is 16.4. The molecule has 1 unspecified atom stereocenters. The van der Waals surface area contributed by atoms with E-state index in [9.17, 15) is 9.59 Å². The Labute approximate surface area is 94.1 Å². The van der Waals surface area contributed by atoms with Gasteiger partial charge in [0.05, 0.1) is 0 Å². The number of ketones is 1. The second kappa shape index (κ2) is 4.45. The van der Waals surface area contributed by atoms with Crippen molar-refractivity contribution in [2.24, 2.45) is 5.73 Å². The summed E-state index contributed by atoms with van der Waals surface area (Å²) >= 11 is 0. The first-order chi connectivity index (χ1) is 7.34. The maximum Gasteiger partial charge on any atom is 0.328 e. The average Bonchev–Trinajstić information content (AvgIpc) is 2.14. The van der Waals surface area contributed by atoms with Crippen molar-refractivity contribution >= 4 is 11.8 Å². The third-order valence-electron chi connectivity index (χ3n) is 2.47. The molecule has 86 valence electrons. The Bertz CT molecular complexity index is 429. The van der Waals surface area contributed by atoms with Crippen molar-refractivity contribution in [3.05, 3.63) is 34.4 Å². The first kappa shape index (κ1) is 12.4. The summed E-state index contributed by atoms with van der Waals surface area (Å²) in [6.07, 6.45) is 0. The van der Waals surface area contributed by atoms with Crippen LogP contribution in [0.1, 0.15) is 27.0 Å². The molecular weight excluding hydrogens is 206 g/mol. The van der Waals surface area contributed by atoms with E-state index in [1.54, 1.807) is 13.8 Å². The van der Waals surface area contributed by atoms with Crippen molar-refractivity contribution < 1.29 is 14.7 Å². The molecule has 1 aromatic carbocycles. The summed E-state index contributed by atoms with van der Waals surface area (Å²) in [5.41, 5.74) is 8.30. The van der Waals surface area contributed by atoms with Crippen molar-refractivity contribution in [2.75, 3.05) is 0 Å². The van der Waals surface area contributed by atoms with Gasteiger partial charge in [-0.05, 0) is 31.9 Å². The number of hydrogen-bond acceptors (Lipinski definition) is 3. The normalized spacial score (nSPS) is 12.2. The van der Waals surface area contributed by atoms with Crippen LogP contribution < -0.4 is 5.73 Å². The number of carboxylic acid groups (broad SMARTS) is 1. The van der Waals surface area contributed by atoms with Crippen LogP contribution in [0, 0.1) is 20.8 Å². The lowest BCUT2D eigenvalue weighted by molar-refractivity contribution is -0.137. The lowest BCUT2D eigenvalue weighted by atomic mass is 9.93. The van der Waals surface area contributed by atoms with Crippen molar-refractivity contribution in [2.45, 2.75) is 26.8 Å². The van der Waals surface area contributed by atoms with Gasteiger partial charge in [-0.2, -0.15) is 0 Å². The molecule has 16 heavy (non-hydrogen) atoms. The smallest absolute Gasteiger partial charge is 0.328 e. The number of aryl methyl sites for hydroxylation is 3. The van der Waals surface area contributed by atoms with Gasteiger partial charge < -0.3 is 10.8 Å². The molecule has 4 nitrogen and oxygen atoms in total. The Kier molecular flexibility index (Phi) is 3.44. The van der Waals surface area contributed by atoms with Gasteiger partial charge in [0.2, 0.25) is 0 Å². The number of nitrogens with two attached hydrogens (primary N) is 1. The fourth-order valence-electron chi connectivity index (χ4n) is 1.84. The zero-order valence-electron chi connectivity index (χ0n) is 9.57. The molecule has 4 heteroatoms. The molecule has 0 saturated heterocycles. The number of carboxylic acids is 1. The number of Topliss-reactive ketones (excluding diaryl/α,β-unsaturated/α-hetero) is 1. The lowest BCUT2D eigenvalue weighted by Gasteiger charge is -2.12. The van der Waals surface area contributed by atoms with E-state index < -0.39 is 17.8 Å². The fraction of sp³-hybridized carbons (Fsp3) is 0.333. The third kappa shape index (κ3) is 2.28. The second-order valence-corrected chi connectivity index (χ2v) is 3.95. The Morgan fingerprint density at radius 2 is 1.62 bits per heavy atom. The minimum atomic E-state index is -1.49. The van der Waals surface area contributed by atoms with Gasteiger partial charge in [-0.25, -0.2) is 0 Å². The first-order valence-electron chi connectivity index (χ1n) is 4.95. The number of carbonyl (C=O) groups is 2. The monoisotopic (exact) mass is 221 g/mol. The molecule has 0 spiro atoms. The molecule has 0 saturated carbocycles. The highest BCUT2D eigenvalue weighted by molar-refractivity contribution is 6.12. The number of carbonyl (C=O) groups excluding carboxylic acids is 1. The van der Waals surface area contributed by atoms with Gasteiger partial charge in [-0.3, -0.25) is 9.59 Å².